The van der Waals surface area contributed by atoms with Crippen molar-refractivity contribution < 1.29 is 9.21 Å². The molecule has 180 valence electrons. The van der Waals surface area contributed by atoms with Gasteiger partial charge in [0.15, 0.2) is 5.76 Å². The summed E-state index contributed by atoms with van der Waals surface area (Å²) in [5.74, 6) is 0.958. The molecular weight excluding hydrogens is 467 g/mol. The van der Waals surface area contributed by atoms with Crippen LogP contribution in [0.15, 0.2) is 59.0 Å². The maximum Gasteiger partial charge on any atom is 0.287 e. The van der Waals surface area contributed by atoms with Gasteiger partial charge in [-0.15, -0.1) is 0 Å². The highest BCUT2D eigenvalue weighted by Gasteiger charge is 2.23. The number of halogens is 2. The van der Waals surface area contributed by atoms with Gasteiger partial charge in [0.05, 0.1) is 6.54 Å². The first-order valence-electron chi connectivity index (χ1n) is 12.1. The zero-order valence-electron chi connectivity index (χ0n) is 19.7. The van der Waals surface area contributed by atoms with Crippen LogP contribution < -0.4 is 5.32 Å². The Morgan fingerprint density at radius 1 is 1.03 bits per heavy atom. The van der Waals surface area contributed by atoms with E-state index in [1.54, 1.807) is 18.2 Å². The summed E-state index contributed by atoms with van der Waals surface area (Å²) in [6.45, 7) is 4.19. The monoisotopic (exact) mass is 498 g/mol. The first-order chi connectivity index (χ1) is 16.5. The van der Waals surface area contributed by atoms with Crippen LogP contribution in [0, 0.1) is 6.92 Å². The molecule has 0 atom stereocenters. The second kappa shape index (κ2) is 11.9. The van der Waals surface area contributed by atoms with Crippen molar-refractivity contribution in [1.82, 2.24) is 10.2 Å². The number of carbonyl (C=O) groups excluding carboxylic acids is 1. The lowest BCUT2D eigenvalue weighted by Crippen LogP contribution is -2.35. The first kappa shape index (κ1) is 24.8. The molecule has 1 N–H and O–H groups in total. The second-order valence-corrected chi connectivity index (χ2v) is 10.0. The van der Waals surface area contributed by atoms with Gasteiger partial charge in [-0.2, -0.15) is 0 Å². The Hall–Kier alpha value is -2.27. The highest BCUT2D eigenvalue weighted by molar-refractivity contribution is 6.35. The van der Waals surface area contributed by atoms with Crippen molar-refractivity contribution in [3.05, 3.63) is 92.9 Å². The smallest absolute Gasteiger partial charge is 0.287 e. The standard InChI is InChI=1S/C28H32Cl2N2O2/c1-20-6-5-7-21(16-20)18-32(24-8-3-2-4-9-24)19-25-12-13-27(34-25)28(33)31-15-14-22-10-11-23(29)17-26(22)30/h5-7,10-13,16-17,24H,2-4,8-9,14-15,18-19H2,1H3,(H,31,33). The van der Waals surface area contributed by atoms with Crippen molar-refractivity contribution in [3.8, 4) is 0 Å². The molecule has 1 heterocycles. The molecule has 0 bridgehead atoms. The van der Waals surface area contributed by atoms with E-state index in [0.717, 1.165) is 17.9 Å². The summed E-state index contributed by atoms with van der Waals surface area (Å²) >= 11 is 12.2. The molecule has 0 saturated heterocycles. The number of benzene rings is 2. The zero-order chi connectivity index (χ0) is 23.9. The first-order valence-corrected chi connectivity index (χ1v) is 12.8. The van der Waals surface area contributed by atoms with Crippen molar-refractivity contribution >= 4 is 29.1 Å². The molecule has 6 heteroatoms. The lowest BCUT2D eigenvalue weighted by atomic mass is 9.93. The van der Waals surface area contributed by atoms with Gasteiger partial charge in [-0.05, 0) is 61.6 Å². The Labute approximate surface area is 212 Å². The van der Waals surface area contributed by atoms with Crippen LogP contribution in [0.4, 0.5) is 0 Å². The molecule has 1 aliphatic rings. The largest absolute Gasteiger partial charge is 0.455 e. The summed E-state index contributed by atoms with van der Waals surface area (Å²) in [5, 5.41) is 4.14. The molecule has 0 unspecified atom stereocenters. The van der Waals surface area contributed by atoms with Crippen LogP contribution in [-0.4, -0.2) is 23.4 Å². The summed E-state index contributed by atoms with van der Waals surface area (Å²) in [6, 6.07) is 18.3. The summed E-state index contributed by atoms with van der Waals surface area (Å²) in [4.78, 5) is 15.1. The van der Waals surface area contributed by atoms with Gasteiger partial charge >= 0.3 is 0 Å². The fourth-order valence-electron chi connectivity index (χ4n) is 4.71. The molecule has 4 rings (SSSR count). The molecule has 1 aliphatic carbocycles. The lowest BCUT2D eigenvalue weighted by Gasteiger charge is -2.34. The number of aryl methyl sites for hydroxylation is 1. The van der Waals surface area contributed by atoms with Gasteiger partial charge in [0.2, 0.25) is 0 Å². The van der Waals surface area contributed by atoms with Crippen LogP contribution in [0.1, 0.15) is 65.1 Å². The molecule has 0 spiro atoms. The van der Waals surface area contributed by atoms with Crippen LogP contribution in [0.25, 0.3) is 0 Å². The van der Waals surface area contributed by atoms with E-state index >= 15 is 0 Å². The van der Waals surface area contributed by atoms with Crippen LogP contribution in [0.2, 0.25) is 10.0 Å². The molecule has 0 aliphatic heterocycles. The number of rotatable bonds is 9. The minimum absolute atomic E-state index is 0.209. The third kappa shape index (κ3) is 6.88. The summed E-state index contributed by atoms with van der Waals surface area (Å²) in [7, 11) is 0. The Morgan fingerprint density at radius 2 is 1.85 bits per heavy atom. The minimum Gasteiger partial charge on any atom is -0.455 e. The number of nitrogens with zero attached hydrogens (tertiary/aromatic N) is 1. The molecule has 2 aromatic carbocycles. The van der Waals surface area contributed by atoms with Crippen molar-refractivity contribution in [1.29, 1.82) is 0 Å². The number of hydrogen-bond acceptors (Lipinski definition) is 3. The molecule has 1 fully saturated rings. The summed E-state index contributed by atoms with van der Waals surface area (Å²) < 4.78 is 5.97. The molecular formula is C28H32Cl2N2O2. The van der Waals surface area contributed by atoms with Gasteiger partial charge in [0.1, 0.15) is 5.76 Å². The van der Waals surface area contributed by atoms with Crippen LogP contribution >= 0.6 is 23.2 Å². The van der Waals surface area contributed by atoms with Crippen molar-refractivity contribution in [2.24, 2.45) is 0 Å². The molecule has 0 radical (unpaired) electrons. The number of nitrogens with one attached hydrogen (secondary N) is 1. The number of furan rings is 1. The van der Waals surface area contributed by atoms with Gasteiger partial charge in [-0.25, -0.2) is 0 Å². The SMILES string of the molecule is Cc1cccc(CN(Cc2ccc(C(=O)NCCc3ccc(Cl)cc3Cl)o2)C2CCCCC2)c1. The van der Waals surface area contributed by atoms with Gasteiger partial charge in [0, 0.05) is 29.2 Å². The highest BCUT2D eigenvalue weighted by atomic mass is 35.5. The lowest BCUT2D eigenvalue weighted by molar-refractivity contribution is 0.0916. The molecule has 34 heavy (non-hydrogen) atoms. The summed E-state index contributed by atoms with van der Waals surface area (Å²) in [6.07, 6.45) is 6.93. The average Bonchev–Trinajstić information content (AvgIpc) is 3.29. The maximum absolute atomic E-state index is 12.6. The predicted molar refractivity (Wildman–Crippen MR) is 139 cm³/mol. The average molecular weight is 499 g/mol. The fourth-order valence-corrected chi connectivity index (χ4v) is 5.22. The third-order valence-electron chi connectivity index (χ3n) is 6.50. The van der Waals surface area contributed by atoms with Crippen LogP contribution in [0.5, 0.6) is 0 Å². The number of hydrogen-bond donors (Lipinski definition) is 1. The Kier molecular flexibility index (Phi) is 8.71. The van der Waals surface area contributed by atoms with Gasteiger partial charge < -0.3 is 9.73 Å². The third-order valence-corrected chi connectivity index (χ3v) is 7.09. The normalized spacial score (nSPS) is 14.5. The van der Waals surface area contributed by atoms with Crippen molar-refractivity contribution in [2.45, 2.75) is 64.6 Å². The molecule has 1 amide bonds. The maximum atomic E-state index is 12.6. The minimum atomic E-state index is -0.209. The number of amides is 1. The van der Waals surface area contributed by atoms with Crippen molar-refractivity contribution in [3.63, 3.8) is 0 Å². The molecule has 3 aromatic rings. The van der Waals surface area contributed by atoms with Gasteiger partial charge in [-0.1, -0.05) is 78.4 Å². The quantitative estimate of drug-likeness (QED) is 0.339. The number of carbonyl (C=O) groups is 1. The topological polar surface area (TPSA) is 45.5 Å². The predicted octanol–water partition coefficient (Wildman–Crippen LogP) is 7.20. The second-order valence-electron chi connectivity index (χ2n) is 9.19. The van der Waals surface area contributed by atoms with Crippen LogP contribution in [-0.2, 0) is 19.5 Å². The molecule has 1 aromatic heterocycles. The molecule has 4 nitrogen and oxygen atoms in total. The Morgan fingerprint density at radius 3 is 2.62 bits per heavy atom. The summed E-state index contributed by atoms with van der Waals surface area (Å²) in [5.41, 5.74) is 3.54. The van der Waals surface area contributed by atoms with E-state index in [1.807, 2.05) is 12.1 Å². The van der Waals surface area contributed by atoms with E-state index in [2.05, 4.69) is 41.4 Å². The van der Waals surface area contributed by atoms with Gasteiger partial charge in [-0.3, -0.25) is 9.69 Å². The van der Waals surface area contributed by atoms with E-state index in [9.17, 15) is 4.79 Å². The highest BCUT2D eigenvalue weighted by Crippen LogP contribution is 2.26. The van der Waals surface area contributed by atoms with E-state index < -0.39 is 0 Å². The van der Waals surface area contributed by atoms with Crippen molar-refractivity contribution in [2.75, 3.05) is 6.54 Å². The Balaban J connectivity index is 1.36. The van der Waals surface area contributed by atoms with E-state index in [-0.39, 0.29) is 5.91 Å². The van der Waals surface area contributed by atoms with Gasteiger partial charge in [0.25, 0.3) is 5.91 Å². The zero-order valence-corrected chi connectivity index (χ0v) is 21.2. The van der Waals surface area contributed by atoms with E-state index in [1.165, 1.54) is 43.2 Å². The van der Waals surface area contributed by atoms with E-state index in [4.69, 9.17) is 27.6 Å². The van der Waals surface area contributed by atoms with Crippen LogP contribution in [0.3, 0.4) is 0 Å². The van der Waals surface area contributed by atoms with E-state index in [0.29, 0.717) is 41.4 Å². The fraction of sp³-hybridized carbons (Fsp3) is 0.393. The Bertz CT molecular complexity index is 1110. The molecule has 1 saturated carbocycles.